The van der Waals surface area contributed by atoms with E-state index in [9.17, 15) is 4.79 Å². The summed E-state index contributed by atoms with van der Waals surface area (Å²) >= 11 is 0. The number of carbonyl (C=O) groups excluding carboxylic acids is 1. The van der Waals surface area contributed by atoms with Crippen molar-refractivity contribution in [1.29, 1.82) is 0 Å². The van der Waals surface area contributed by atoms with Crippen LogP contribution in [0, 0.1) is 0 Å². The highest BCUT2D eigenvalue weighted by Crippen LogP contribution is 2.32. The Bertz CT molecular complexity index is 1170. The summed E-state index contributed by atoms with van der Waals surface area (Å²) in [6.45, 7) is 0.432. The lowest BCUT2D eigenvalue weighted by Gasteiger charge is -2.11. The molecule has 2 aromatic heterocycles. The largest absolute Gasteiger partial charge is 0.493 e. The van der Waals surface area contributed by atoms with Gasteiger partial charge >= 0.3 is 0 Å². The number of amides is 1. The SMILES string of the molecule is COc1cc(-c2cc(C(=O)N/N=C\c3ccco3)[nH]n2)ccc1OCc1ccccc1. The molecule has 0 radical (unpaired) electrons. The van der Waals surface area contributed by atoms with E-state index in [1.54, 1.807) is 25.3 Å². The number of nitrogens with one attached hydrogen (secondary N) is 2. The summed E-state index contributed by atoms with van der Waals surface area (Å²) in [6, 6.07) is 20.5. The van der Waals surface area contributed by atoms with Gasteiger partial charge in [0.25, 0.3) is 5.91 Å². The molecule has 4 aromatic rings. The first-order valence-electron chi connectivity index (χ1n) is 9.50. The van der Waals surface area contributed by atoms with Gasteiger partial charge in [0.15, 0.2) is 11.5 Å². The Kier molecular flexibility index (Phi) is 6.08. The monoisotopic (exact) mass is 416 g/mol. The van der Waals surface area contributed by atoms with Gasteiger partial charge in [-0.1, -0.05) is 30.3 Å². The van der Waals surface area contributed by atoms with E-state index in [0.29, 0.717) is 29.6 Å². The number of hydrogen-bond donors (Lipinski definition) is 2. The Hall–Kier alpha value is -4.33. The van der Waals surface area contributed by atoms with Gasteiger partial charge in [0.1, 0.15) is 18.1 Å². The predicted molar refractivity (Wildman–Crippen MR) is 115 cm³/mol. The molecule has 0 bridgehead atoms. The molecule has 2 heterocycles. The molecule has 0 saturated heterocycles. The van der Waals surface area contributed by atoms with Gasteiger partial charge in [-0.05, 0) is 42.0 Å². The number of carbonyl (C=O) groups is 1. The zero-order valence-corrected chi connectivity index (χ0v) is 16.7. The quantitative estimate of drug-likeness (QED) is 0.334. The number of aromatic nitrogens is 2. The van der Waals surface area contributed by atoms with Gasteiger partial charge in [0, 0.05) is 5.56 Å². The third kappa shape index (κ3) is 4.99. The second-order valence-corrected chi connectivity index (χ2v) is 6.52. The van der Waals surface area contributed by atoms with Crippen molar-refractivity contribution in [2.24, 2.45) is 5.10 Å². The van der Waals surface area contributed by atoms with Crippen molar-refractivity contribution >= 4 is 12.1 Å². The number of H-pyrrole nitrogens is 1. The summed E-state index contributed by atoms with van der Waals surface area (Å²) in [7, 11) is 1.58. The summed E-state index contributed by atoms with van der Waals surface area (Å²) in [5.41, 5.74) is 5.12. The smallest absolute Gasteiger partial charge is 0.289 e. The van der Waals surface area contributed by atoms with Gasteiger partial charge in [0.2, 0.25) is 0 Å². The van der Waals surface area contributed by atoms with Gasteiger partial charge < -0.3 is 13.9 Å². The minimum absolute atomic E-state index is 0.273. The van der Waals surface area contributed by atoms with Gasteiger partial charge in [-0.15, -0.1) is 0 Å². The van der Waals surface area contributed by atoms with Gasteiger partial charge in [0.05, 0.1) is 25.3 Å². The second kappa shape index (κ2) is 9.45. The Morgan fingerprint density at radius 1 is 1.13 bits per heavy atom. The van der Waals surface area contributed by atoms with E-state index < -0.39 is 5.91 Å². The standard InChI is InChI=1S/C23H20N4O4/c1-29-22-12-17(9-10-21(22)31-15-16-6-3-2-4-7-16)19-13-20(26-25-19)23(28)27-24-14-18-8-5-11-30-18/h2-14H,15H2,1H3,(H,25,26)(H,27,28)/b24-14-. The van der Waals surface area contributed by atoms with Crippen LogP contribution in [-0.2, 0) is 6.61 Å². The number of methoxy groups -OCH3 is 1. The molecule has 31 heavy (non-hydrogen) atoms. The normalized spacial score (nSPS) is 10.9. The van der Waals surface area contributed by atoms with Crippen molar-refractivity contribution in [2.45, 2.75) is 6.61 Å². The van der Waals surface area contributed by atoms with Crippen molar-refractivity contribution in [2.75, 3.05) is 7.11 Å². The fraction of sp³-hybridized carbons (Fsp3) is 0.0870. The van der Waals surface area contributed by atoms with Crippen LogP contribution in [0.25, 0.3) is 11.3 Å². The van der Waals surface area contributed by atoms with E-state index in [0.717, 1.165) is 11.1 Å². The lowest BCUT2D eigenvalue weighted by Crippen LogP contribution is -2.17. The van der Waals surface area contributed by atoms with Gasteiger partial charge in [-0.2, -0.15) is 10.2 Å². The Morgan fingerprint density at radius 2 is 2.00 bits per heavy atom. The molecule has 1 amide bonds. The van der Waals surface area contributed by atoms with Crippen LogP contribution in [0.3, 0.4) is 0 Å². The highest BCUT2D eigenvalue weighted by atomic mass is 16.5. The molecule has 8 nitrogen and oxygen atoms in total. The fourth-order valence-corrected chi connectivity index (χ4v) is 2.85. The molecule has 0 aliphatic heterocycles. The predicted octanol–water partition coefficient (Wildman–Crippen LogP) is 4.02. The van der Waals surface area contributed by atoms with E-state index in [1.807, 2.05) is 48.5 Å². The van der Waals surface area contributed by atoms with Crippen molar-refractivity contribution in [1.82, 2.24) is 15.6 Å². The van der Waals surface area contributed by atoms with Crippen molar-refractivity contribution in [3.8, 4) is 22.8 Å². The van der Waals surface area contributed by atoms with Crippen LogP contribution in [0.1, 0.15) is 21.8 Å². The van der Waals surface area contributed by atoms with Crippen molar-refractivity contribution in [3.63, 3.8) is 0 Å². The first kappa shape index (κ1) is 20.0. The Morgan fingerprint density at radius 3 is 2.77 bits per heavy atom. The number of benzene rings is 2. The first-order valence-corrected chi connectivity index (χ1v) is 9.50. The van der Waals surface area contributed by atoms with Crippen molar-refractivity contribution in [3.05, 3.63) is 90.0 Å². The third-order valence-electron chi connectivity index (χ3n) is 4.42. The maximum Gasteiger partial charge on any atom is 0.289 e. The maximum absolute atomic E-state index is 12.2. The molecule has 2 aromatic carbocycles. The summed E-state index contributed by atoms with van der Waals surface area (Å²) in [5, 5.41) is 10.8. The highest BCUT2D eigenvalue weighted by Gasteiger charge is 2.13. The number of hydrogen-bond acceptors (Lipinski definition) is 6. The van der Waals surface area contributed by atoms with E-state index in [4.69, 9.17) is 13.9 Å². The molecular formula is C23H20N4O4. The van der Waals surface area contributed by atoms with Crippen LogP contribution >= 0.6 is 0 Å². The molecule has 0 atom stereocenters. The summed E-state index contributed by atoms with van der Waals surface area (Å²) in [5.74, 6) is 1.31. The Labute approximate surface area is 178 Å². The third-order valence-corrected chi connectivity index (χ3v) is 4.42. The molecule has 0 spiro atoms. The van der Waals surface area contributed by atoms with Gasteiger partial charge in [-0.3, -0.25) is 9.89 Å². The van der Waals surface area contributed by atoms with Crippen molar-refractivity contribution < 1.29 is 18.7 Å². The van der Waals surface area contributed by atoms with Gasteiger partial charge in [-0.25, -0.2) is 5.43 Å². The topological polar surface area (TPSA) is 102 Å². The van der Waals surface area contributed by atoms with Crippen LogP contribution in [0.4, 0.5) is 0 Å². The zero-order valence-electron chi connectivity index (χ0n) is 16.7. The summed E-state index contributed by atoms with van der Waals surface area (Å²) < 4.78 is 16.5. The molecule has 0 fully saturated rings. The molecule has 2 N–H and O–H groups in total. The summed E-state index contributed by atoms with van der Waals surface area (Å²) in [4.78, 5) is 12.2. The molecule has 0 aliphatic carbocycles. The number of hydrazone groups is 1. The number of furan rings is 1. The lowest BCUT2D eigenvalue weighted by atomic mass is 10.1. The molecule has 0 aliphatic rings. The number of rotatable bonds is 8. The molecule has 8 heteroatoms. The molecule has 156 valence electrons. The summed E-state index contributed by atoms with van der Waals surface area (Å²) in [6.07, 6.45) is 2.94. The van der Waals surface area contributed by atoms with Crippen LogP contribution in [0.5, 0.6) is 11.5 Å². The molecule has 0 saturated carbocycles. The van der Waals surface area contributed by atoms with E-state index in [-0.39, 0.29) is 5.69 Å². The van der Waals surface area contributed by atoms with Crippen LogP contribution in [0.15, 0.2) is 82.5 Å². The average Bonchev–Trinajstić information content (AvgIpc) is 3.51. The average molecular weight is 416 g/mol. The molecular weight excluding hydrogens is 396 g/mol. The number of ether oxygens (including phenoxy) is 2. The maximum atomic E-state index is 12.2. The highest BCUT2D eigenvalue weighted by molar-refractivity contribution is 5.94. The van der Waals surface area contributed by atoms with E-state index in [2.05, 4.69) is 20.7 Å². The second-order valence-electron chi connectivity index (χ2n) is 6.52. The van der Waals surface area contributed by atoms with Crippen LogP contribution in [-0.4, -0.2) is 29.4 Å². The number of aromatic amines is 1. The minimum atomic E-state index is -0.420. The Balaban J connectivity index is 1.43. The fourth-order valence-electron chi connectivity index (χ4n) is 2.85. The lowest BCUT2D eigenvalue weighted by molar-refractivity contribution is 0.0950. The molecule has 0 unspecified atom stereocenters. The van der Waals surface area contributed by atoms with E-state index in [1.165, 1.54) is 12.5 Å². The molecule has 4 rings (SSSR count). The minimum Gasteiger partial charge on any atom is -0.493 e. The zero-order chi connectivity index (χ0) is 21.5. The van der Waals surface area contributed by atoms with Crippen LogP contribution in [0.2, 0.25) is 0 Å². The van der Waals surface area contributed by atoms with Crippen LogP contribution < -0.4 is 14.9 Å². The number of nitrogens with zero attached hydrogens (tertiary/aromatic N) is 2. The van der Waals surface area contributed by atoms with E-state index >= 15 is 0 Å². The first-order chi connectivity index (χ1) is 15.2.